The number of aromatic nitrogens is 2. The number of benzene rings is 1. The van der Waals surface area contributed by atoms with Crippen molar-refractivity contribution in [2.75, 3.05) is 0 Å². The number of hydrogen-bond acceptors (Lipinski definition) is 3. The molecule has 66 valence electrons. The molecule has 3 nitrogen and oxygen atoms in total. The highest BCUT2D eigenvalue weighted by atomic mass is 79.9. The average Bonchev–Trinajstić information content (AvgIpc) is 2.61. The molecule has 0 N–H and O–H groups in total. The molecule has 0 bridgehead atoms. The summed E-state index contributed by atoms with van der Waals surface area (Å²) in [6.45, 7) is 0. The first-order valence-corrected chi connectivity index (χ1v) is 4.66. The number of hydrogen-bond donors (Lipinski definition) is 0. The zero-order valence-corrected chi connectivity index (χ0v) is 8.71. The lowest BCUT2D eigenvalue weighted by Gasteiger charge is -1.98. The van der Waals surface area contributed by atoms with Crippen molar-refractivity contribution in [3.8, 4) is 11.5 Å². The second kappa shape index (κ2) is 3.47. The minimum absolute atomic E-state index is 0.423. The van der Waals surface area contributed by atoms with Crippen LogP contribution in [0.5, 0.6) is 0 Å². The normalized spacial score (nSPS) is 10.3. The molecule has 1 aromatic heterocycles. The second-order valence-corrected chi connectivity index (χ2v) is 3.69. The highest BCUT2D eigenvalue weighted by Gasteiger charge is 2.08. The van der Waals surface area contributed by atoms with E-state index in [0.29, 0.717) is 10.9 Å². The maximum Gasteiger partial charge on any atom is 0.248 e. The minimum atomic E-state index is 0.423. The van der Waals surface area contributed by atoms with Crippen molar-refractivity contribution in [1.29, 1.82) is 0 Å². The van der Waals surface area contributed by atoms with Crippen molar-refractivity contribution in [2.45, 2.75) is 0 Å². The van der Waals surface area contributed by atoms with Crippen molar-refractivity contribution < 1.29 is 4.42 Å². The summed E-state index contributed by atoms with van der Waals surface area (Å²) in [7, 11) is 0. The van der Waals surface area contributed by atoms with Gasteiger partial charge in [-0.3, -0.25) is 0 Å². The van der Waals surface area contributed by atoms with Gasteiger partial charge in [0, 0.05) is 4.47 Å². The molecule has 0 saturated carbocycles. The SMILES string of the molecule is Clc1ccc(Br)cc1-c1nnco1. The lowest BCUT2D eigenvalue weighted by atomic mass is 10.2. The first kappa shape index (κ1) is 8.72. The Kier molecular flexibility index (Phi) is 2.33. The third-order valence-electron chi connectivity index (χ3n) is 1.52. The van der Waals surface area contributed by atoms with Crippen LogP contribution in [-0.4, -0.2) is 10.2 Å². The minimum Gasteiger partial charge on any atom is -0.423 e. The Morgan fingerprint density at radius 3 is 2.92 bits per heavy atom. The molecular formula is C8H4BrClN2O. The van der Waals surface area contributed by atoms with Crippen LogP contribution in [0.3, 0.4) is 0 Å². The van der Waals surface area contributed by atoms with Crippen LogP contribution in [0.25, 0.3) is 11.5 Å². The monoisotopic (exact) mass is 258 g/mol. The summed E-state index contributed by atoms with van der Waals surface area (Å²) in [6, 6.07) is 5.45. The van der Waals surface area contributed by atoms with Gasteiger partial charge in [-0.05, 0) is 18.2 Å². The van der Waals surface area contributed by atoms with E-state index in [4.69, 9.17) is 16.0 Å². The van der Waals surface area contributed by atoms with Gasteiger partial charge >= 0.3 is 0 Å². The summed E-state index contributed by atoms with van der Waals surface area (Å²) in [6.07, 6.45) is 1.27. The van der Waals surface area contributed by atoms with E-state index in [1.54, 1.807) is 6.07 Å². The molecule has 0 radical (unpaired) electrons. The maximum absolute atomic E-state index is 5.94. The molecule has 0 atom stereocenters. The molecule has 5 heteroatoms. The third kappa shape index (κ3) is 1.73. The fourth-order valence-corrected chi connectivity index (χ4v) is 1.51. The van der Waals surface area contributed by atoms with E-state index in [0.717, 1.165) is 10.0 Å². The summed E-state index contributed by atoms with van der Waals surface area (Å²) < 4.78 is 5.95. The number of rotatable bonds is 1. The van der Waals surface area contributed by atoms with E-state index < -0.39 is 0 Å². The van der Waals surface area contributed by atoms with Crippen molar-refractivity contribution >= 4 is 27.5 Å². The summed E-state index contributed by atoms with van der Waals surface area (Å²) in [4.78, 5) is 0. The highest BCUT2D eigenvalue weighted by molar-refractivity contribution is 9.10. The highest BCUT2D eigenvalue weighted by Crippen LogP contribution is 2.28. The standard InChI is InChI=1S/C8H4BrClN2O/c9-5-1-2-7(10)6(3-5)8-12-11-4-13-8/h1-4H. The molecular weight excluding hydrogens is 255 g/mol. The first-order valence-electron chi connectivity index (χ1n) is 3.49. The molecule has 1 aromatic carbocycles. The summed E-state index contributed by atoms with van der Waals surface area (Å²) >= 11 is 9.27. The van der Waals surface area contributed by atoms with Gasteiger partial charge in [-0.2, -0.15) is 0 Å². The average molecular weight is 259 g/mol. The van der Waals surface area contributed by atoms with Crippen LogP contribution in [0, 0.1) is 0 Å². The molecule has 0 unspecified atom stereocenters. The van der Waals surface area contributed by atoms with Crippen LogP contribution in [0.4, 0.5) is 0 Å². The summed E-state index contributed by atoms with van der Waals surface area (Å²) in [5.74, 6) is 0.423. The zero-order chi connectivity index (χ0) is 9.26. The lowest BCUT2D eigenvalue weighted by Crippen LogP contribution is -1.79. The van der Waals surface area contributed by atoms with Gasteiger partial charge in [0.15, 0.2) is 0 Å². The molecule has 2 rings (SSSR count). The van der Waals surface area contributed by atoms with Gasteiger partial charge in [0.1, 0.15) is 0 Å². The van der Waals surface area contributed by atoms with Gasteiger partial charge in [-0.25, -0.2) is 0 Å². The fraction of sp³-hybridized carbons (Fsp3) is 0. The van der Waals surface area contributed by atoms with Gasteiger partial charge in [0.05, 0.1) is 10.6 Å². The predicted octanol–water partition coefficient (Wildman–Crippen LogP) is 3.15. The first-order chi connectivity index (χ1) is 6.27. The Labute approximate surface area is 87.9 Å². The Hall–Kier alpha value is -0.870. The molecule has 2 aromatic rings. The molecule has 0 saturated heterocycles. The largest absolute Gasteiger partial charge is 0.423 e. The number of halogens is 2. The fourth-order valence-electron chi connectivity index (χ4n) is 0.952. The van der Waals surface area contributed by atoms with Gasteiger partial charge in [-0.1, -0.05) is 27.5 Å². The molecule has 0 fully saturated rings. The smallest absolute Gasteiger partial charge is 0.248 e. The maximum atomic E-state index is 5.94. The summed E-state index contributed by atoms with van der Waals surface area (Å²) in [5, 5.41) is 7.94. The van der Waals surface area contributed by atoms with E-state index in [2.05, 4.69) is 26.1 Å². The lowest BCUT2D eigenvalue weighted by molar-refractivity contribution is 0.568. The molecule has 0 spiro atoms. The van der Waals surface area contributed by atoms with E-state index in [1.807, 2.05) is 12.1 Å². The Morgan fingerprint density at radius 2 is 2.23 bits per heavy atom. The van der Waals surface area contributed by atoms with E-state index >= 15 is 0 Å². The second-order valence-electron chi connectivity index (χ2n) is 2.37. The van der Waals surface area contributed by atoms with Crippen molar-refractivity contribution in [1.82, 2.24) is 10.2 Å². The van der Waals surface area contributed by atoms with Crippen molar-refractivity contribution in [3.63, 3.8) is 0 Å². The molecule has 0 amide bonds. The topological polar surface area (TPSA) is 38.9 Å². The van der Waals surface area contributed by atoms with Crippen LogP contribution >= 0.6 is 27.5 Å². The van der Waals surface area contributed by atoms with Gasteiger partial charge in [-0.15, -0.1) is 10.2 Å². The van der Waals surface area contributed by atoms with Crippen LogP contribution in [-0.2, 0) is 0 Å². The Bertz CT molecular complexity index is 416. The van der Waals surface area contributed by atoms with E-state index in [9.17, 15) is 0 Å². The van der Waals surface area contributed by atoms with Crippen LogP contribution < -0.4 is 0 Å². The zero-order valence-electron chi connectivity index (χ0n) is 6.37. The quantitative estimate of drug-likeness (QED) is 0.790. The van der Waals surface area contributed by atoms with Crippen LogP contribution in [0.1, 0.15) is 0 Å². The number of nitrogens with zero attached hydrogens (tertiary/aromatic N) is 2. The van der Waals surface area contributed by atoms with Gasteiger partial charge in [0.25, 0.3) is 0 Å². The Balaban J connectivity index is 2.57. The van der Waals surface area contributed by atoms with E-state index in [-0.39, 0.29) is 0 Å². The van der Waals surface area contributed by atoms with Gasteiger partial charge < -0.3 is 4.42 Å². The molecule has 1 heterocycles. The van der Waals surface area contributed by atoms with Crippen LogP contribution in [0.15, 0.2) is 33.5 Å². The van der Waals surface area contributed by atoms with E-state index in [1.165, 1.54) is 6.39 Å². The molecule has 0 aliphatic heterocycles. The molecule has 0 aliphatic carbocycles. The Morgan fingerprint density at radius 1 is 1.38 bits per heavy atom. The molecule has 0 aliphatic rings. The third-order valence-corrected chi connectivity index (χ3v) is 2.34. The van der Waals surface area contributed by atoms with Crippen LogP contribution in [0.2, 0.25) is 5.02 Å². The molecule has 13 heavy (non-hydrogen) atoms. The van der Waals surface area contributed by atoms with Crippen molar-refractivity contribution in [3.05, 3.63) is 34.1 Å². The van der Waals surface area contributed by atoms with Gasteiger partial charge in [0.2, 0.25) is 12.3 Å². The predicted molar refractivity (Wildman–Crippen MR) is 52.4 cm³/mol. The summed E-state index contributed by atoms with van der Waals surface area (Å²) in [5.41, 5.74) is 0.730. The van der Waals surface area contributed by atoms with Crippen molar-refractivity contribution in [2.24, 2.45) is 0 Å².